The zero-order valence-corrected chi connectivity index (χ0v) is 9.24. The molecule has 0 aromatic heterocycles. The Balaban J connectivity index is 2.49. The van der Waals surface area contributed by atoms with Crippen LogP contribution < -0.4 is 11.1 Å². The number of hydrogen-bond donors (Lipinski definition) is 2. The number of nitrogens with zero attached hydrogens (tertiary/aromatic N) is 1. The molecule has 0 radical (unpaired) electrons. The van der Waals surface area contributed by atoms with E-state index >= 15 is 0 Å². The summed E-state index contributed by atoms with van der Waals surface area (Å²) in [6.45, 7) is -0.0758. The molecule has 17 heavy (non-hydrogen) atoms. The molecule has 6 heteroatoms. The van der Waals surface area contributed by atoms with E-state index in [1.54, 1.807) is 0 Å². The van der Waals surface area contributed by atoms with E-state index in [9.17, 15) is 14.0 Å². The molecule has 0 aliphatic carbocycles. The lowest BCUT2D eigenvalue weighted by molar-refractivity contribution is -0.130. The fraction of sp³-hybridized carbons (Fsp3) is 0.273. The van der Waals surface area contributed by atoms with Gasteiger partial charge in [0.2, 0.25) is 0 Å². The Kier molecular flexibility index (Phi) is 2.59. The van der Waals surface area contributed by atoms with Gasteiger partial charge in [-0.15, -0.1) is 0 Å². The summed E-state index contributed by atoms with van der Waals surface area (Å²) in [5, 5.41) is 2.54. The largest absolute Gasteiger partial charge is 0.327 e. The number of nitrogens with one attached hydrogen (secondary N) is 1. The summed E-state index contributed by atoms with van der Waals surface area (Å²) in [4.78, 5) is 24.5. The highest BCUT2D eigenvalue weighted by molar-refractivity contribution is 6.07. The molecule has 1 aliphatic rings. The molecular formula is C11H12FN3O2. The molecule has 3 N–H and O–H groups in total. The van der Waals surface area contributed by atoms with Gasteiger partial charge in [0.1, 0.15) is 5.82 Å². The number of rotatable bonds is 2. The Morgan fingerprint density at radius 2 is 1.94 bits per heavy atom. The molecular weight excluding hydrogens is 225 g/mol. The van der Waals surface area contributed by atoms with E-state index in [2.05, 4.69) is 5.32 Å². The monoisotopic (exact) mass is 237 g/mol. The molecule has 1 saturated heterocycles. The maximum atomic E-state index is 12.8. The normalized spacial score (nSPS) is 24.1. The van der Waals surface area contributed by atoms with Crippen LogP contribution in [0.4, 0.5) is 9.18 Å². The second-order valence-electron chi connectivity index (χ2n) is 3.91. The first-order valence-electron chi connectivity index (χ1n) is 5.07. The fourth-order valence-electron chi connectivity index (χ4n) is 1.88. The third kappa shape index (κ3) is 1.57. The van der Waals surface area contributed by atoms with Crippen LogP contribution in [0.1, 0.15) is 5.56 Å². The van der Waals surface area contributed by atoms with Gasteiger partial charge in [0.15, 0.2) is 5.54 Å². The summed E-state index contributed by atoms with van der Waals surface area (Å²) in [7, 11) is 1.37. The molecule has 1 atom stereocenters. The summed E-state index contributed by atoms with van der Waals surface area (Å²) < 4.78 is 12.8. The second-order valence-corrected chi connectivity index (χ2v) is 3.91. The Labute approximate surface area is 97.4 Å². The number of carbonyl (C=O) groups excluding carboxylic acids is 2. The Hall–Kier alpha value is -1.95. The molecule has 0 spiro atoms. The number of likely N-dealkylation sites (N-methyl/N-ethyl adjacent to an activating group) is 1. The average Bonchev–Trinajstić information content (AvgIpc) is 2.55. The quantitative estimate of drug-likeness (QED) is 0.719. The SMILES string of the molecule is CN1C(=O)NC(CN)(c2ccc(F)cc2)C1=O. The lowest BCUT2D eigenvalue weighted by Crippen LogP contribution is -2.50. The van der Waals surface area contributed by atoms with Crippen LogP contribution in [0.15, 0.2) is 24.3 Å². The molecule has 2 rings (SSSR count). The van der Waals surface area contributed by atoms with Gasteiger partial charge >= 0.3 is 6.03 Å². The lowest BCUT2D eigenvalue weighted by atomic mass is 9.90. The van der Waals surface area contributed by atoms with Gasteiger partial charge in [-0.1, -0.05) is 12.1 Å². The van der Waals surface area contributed by atoms with E-state index in [1.165, 1.54) is 31.3 Å². The number of hydrogen-bond acceptors (Lipinski definition) is 3. The van der Waals surface area contributed by atoms with Gasteiger partial charge < -0.3 is 11.1 Å². The predicted molar refractivity (Wildman–Crippen MR) is 58.4 cm³/mol. The molecule has 90 valence electrons. The standard InChI is InChI=1S/C11H12FN3O2/c1-15-9(16)11(6-13,14-10(15)17)7-2-4-8(12)5-3-7/h2-5H,6,13H2,1H3,(H,14,17). The molecule has 1 aromatic rings. The minimum atomic E-state index is -1.28. The van der Waals surface area contributed by atoms with Gasteiger partial charge in [-0.05, 0) is 17.7 Å². The first-order valence-corrected chi connectivity index (χ1v) is 5.07. The number of halogens is 1. The highest BCUT2D eigenvalue weighted by atomic mass is 19.1. The first kappa shape index (κ1) is 11.5. The smallest absolute Gasteiger partial charge is 0.325 e. The highest BCUT2D eigenvalue weighted by Crippen LogP contribution is 2.27. The van der Waals surface area contributed by atoms with Crippen LogP contribution in [0.3, 0.4) is 0 Å². The van der Waals surface area contributed by atoms with Gasteiger partial charge in [-0.25, -0.2) is 9.18 Å². The van der Waals surface area contributed by atoms with Crippen molar-refractivity contribution < 1.29 is 14.0 Å². The number of carbonyl (C=O) groups is 2. The summed E-state index contributed by atoms with van der Waals surface area (Å²) in [6, 6.07) is 4.83. The van der Waals surface area contributed by atoms with Gasteiger partial charge in [-0.2, -0.15) is 0 Å². The third-order valence-corrected chi connectivity index (χ3v) is 2.94. The van der Waals surface area contributed by atoms with Crippen molar-refractivity contribution in [2.75, 3.05) is 13.6 Å². The first-order chi connectivity index (χ1) is 8.01. The summed E-state index contributed by atoms with van der Waals surface area (Å²) in [5.74, 6) is -0.845. The molecule has 1 fully saturated rings. The van der Waals surface area contributed by atoms with Crippen LogP contribution >= 0.6 is 0 Å². The topological polar surface area (TPSA) is 75.4 Å². The van der Waals surface area contributed by atoms with Crippen LogP contribution in [0.5, 0.6) is 0 Å². The van der Waals surface area contributed by atoms with Gasteiger partial charge in [0.05, 0.1) is 0 Å². The number of nitrogens with two attached hydrogens (primary N) is 1. The van der Waals surface area contributed by atoms with Crippen molar-refractivity contribution in [2.24, 2.45) is 5.73 Å². The van der Waals surface area contributed by atoms with Crippen LogP contribution in [0.2, 0.25) is 0 Å². The highest BCUT2D eigenvalue weighted by Gasteiger charge is 2.50. The molecule has 0 bridgehead atoms. The summed E-state index contributed by atoms with van der Waals surface area (Å²) in [5.41, 5.74) is 4.80. The van der Waals surface area contributed by atoms with E-state index in [0.29, 0.717) is 5.56 Å². The van der Waals surface area contributed by atoms with Crippen molar-refractivity contribution in [2.45, 2.75) is 5.54 Å². The minimum absolute atomic E-state index is 0.0758. The molecule has 3 amide bonds. The molecule has 5 nitrogen and oxygen atoms in total. The van der Waals surface area contributed by atoms with Gasteiger partial charge in [-0.3, -0.25) is 9.69 Å². The van der Waals surface area contributed by atoms with E-state index < -0.39 is 23.3 Å². The van der Waals surface area contributed by atoms with Crippen molar-refractivity contribution in [3.63, 3.8) is 0 Å². The Morgan fingerprint density at radius 1 is 1.35 bits per heavy atom. The van der Waals surface area contributed by atoms with Crippen LogP contribution in [-0.2, 0) is 10.3 Å². The lowest BCUT2D eigenvalue weighted by Gasteiger charge is -2.24. The van der Waals surface area contributed by atoms with E-state index in [4.69, 9.17) is 5.73 Å². The van der Waals surface area contributed by atoms with Crippen molar-refractivity contribution >= 4 is 11.9 Å². The molecule has 1 aromatic carbocycles. The fourth-order valence-corrected chi connectivity index (χ4v) is 1.88. The second kappa shape index (κ2) is 3.81. The van der Waals surface area contributed by atoms with Gasteiger partial charge in [0.25, 0.3) is 5.91 Å². The number of benzene rings is 1. The molecule has 1 heterocycles. The summed E-state index contributed by atoms with van der Waals surface area (Å²) in [6.07, 6.45) is 0. The maximum Gasteiger partial charge on any atom is 0.325 e. The van der Waals surface area contributed by atoms with Crippen molar-refractivity contribution in [1.29, 1.82) is 0 Å². The van der Waals surface area contributed by atoms with Crippen molar-refractivity contribution in [1.82, 2.24) is 10.2 Å². The third-order valence-electron chi connectivity index (χ3n) is 2.94. The Bertz CT molecular complexity index is 474. The molecule has 1 unspecified atom stereocenters. The number of urea groups is 1. The zero-order valence-electron chi connectivity index (χ0n) is 9.24. The van der Waals surface area contributed by atoms with Crippen molar-refractivity contribution in [3.05, 3.63) is 35.6 Å². The van der Waals surface area contributed by atoms with Crippen LogP contribution in [0, 0.1) is 5.82 Å². The maximum absolute atomic E-state index is 12.8. The van der Waals surface area contributed by atoms with E-state index in [0.717, 1.165) is 4.90 Å². The van der Waals surface area contributed by atoms with Crippen LogP contribution in [-0.4, -0.2) is 30.4 Å². The van der Waals surface area contributed by atoms with E-state index in [1.807, 2.05) is 0 Å². The van der Waals surface area contributed by atoms with Crippen molar-refractivity contribution in [3.8, 4) is 0 Å². The molecule has 1 aliphatic heterocycles. The van der Waals surface area contributed by atoms with Crippen LogP contribution in [0.25, 0.3) is 0 Å². The van der Waals surface area contributed by atoms with E-state index in [-0.39, 0.29) is 6.54 Å². The minimum Gasteiger partial charge on any atom is -0.327 e. The number of amides is 3. The Morgan fingerprint density at radius 3 is 2.35 bits per heavy atom. The zero-order chi connectivity index (χ0) is 12.6. The molecule has 0 saturated carbocycles. The predicted octanol–water partition coefficient (Wildman–Crippen LogP) is 0.161. The van der Waals surface area contributed by atoms with Gasteiger partial charge in [0, 0.05) is 13.6 Å². The number of imide groups is 1. The average molecular weight is 237 g/mol. The summed E-state index contributed by atoms with van der Waals surface area (Å²) >= 11 is 0.